The van der Waals surface area contributed by atoms with Gasteiger partial charge in [-0.3, -0.25) is 0 Å². The molecule has 130 valence electrons. The maximum Gasteiger partial charge on any atom is 0.146 e. The van der Waals surface area contributed by atoms with Crippen LogP contribution >= 0.6 is 0 Å². The Balaban J connectivity index is 1.73. The minimum absolute atomic E-state index is 0.205. The average molecular weight is 341 g/mol. The van der Waals surface area contributed by atoms with Crippen LogP contribution in [0.4, 0.5) is 0 Å². The van der Waals surface area contributed by atoms with Crippen molar-refractivity contribution in [1.82, 2.24) is 14.5 Å². The van der Waals surface area contributed by atoms with Crippen LogP contribution in [0.5, 0.6) is 5.75 Å². The summed E-state index contributed by atoms with van der Waals surface area (Å²) in [7, 11) is 1.63. The molecule has 1 aliphatic rings. The summed E-state index contributed by atoms with van der Waals surface area (Å²) < 4.78 is 12.8. The van der Waals surface area contributed by atoms with Crippen molar-refractivity contribution in [2.24, 2.45) is 0 Å². The zero-order chi connectivity index (χ0) is 17.4. The molecule has 2 aromatic heterocycles. The first-order valence-electron chi connectivity index (χ1n) is 8.11. The van der Waals surface area contributed by atoms with Crippen LogP contribution in [0.15, 0.2) is 42.9 Å². The van der Waals surface area contributed by atoms with Crippen molar-refractivity contribution in [3.8, 4) is 17.0 Å². The van der Waals surface area contributed by atoms with E-state index in [4.69, 9.17) is 9.47 Å². The van der Waals surface area contributed by atoms with Crippen LogP contribution in [0.1, 0.15) is 12.6 Å². The normalized spacial score (nSPS) is 23.2. The molecule has 25 heavy (non-hydrogen) atoms. The summed E-state index contributed by atoms with van der Waals surface area (Å²) >= 11 is 0. The molecule has 1 saturated heterocycles. The van der Waals surface area contributed by atoms with Gasteiger partial charge in [0.05, 0.1) is 25.5 Å². The highest BCUT2D eigenvalue weighted by atomic mass is 16.5. The Morgan fingerprint density at radius 2 is 2.04 bits per heavy atom. The third-order valence-electron chi connectivity index (χ3n) is 4.57. The fourth-order valence-corrected chi connectivity index (χ4v) is 3.23. The third-order valence-corrected chi connectivity index (χ3v) is 4.57. The van der Waals surface area contributed by atoms with E-state index in [2.05, 4.69) is 9.97 Å². The molecule has 3 atom stereocenters. The van der Waals surface area contributed by atoms with Crippen LogP contribution in [-0.4, -0.2) is 50.7 Å². The summed E-state index contributed by atoms with van der Waals surface area (Å²) in [5.74, 6) is 0.787. The maximum absolute atomic E-state index is 9.97. The minimum Gasteiger partial charge on any atom is -0.497 e. The van der Waals surface area contributed by atoms with Crippen LogP contribution in [0.2, 0.25) is 0 Å². The standard InChI is InChI=1S/C18H19N3O4/c1-24-12-4-2-11(3-5-12)17-13-6-7-21(18(13)20-10-19-17)16-8-14(23)15(9-22)25-16/h2-7,10,14-16,22-23H,8-9H2,1H3/t14-,15+,16+/m0/s1. The van der Waals surface area contributed by atoms with Crippen molar-refractivity contribution in [3.63, 3.8) is 0 Å². The second-order valence-electron chi connectivity index (χ2n) is 6.03. The summed E-state index contributed by atoms with van der Waals surface area (Å²) in [5, 5.41) is 20.1. The van der Waals surface area contributed by atoms with Gasteiger partial charge >= 0.3 is 0 Å². The van der Waals surface area contributed by atoms with Crippen molar-refractivity contribution in [1.29, 1.82) is 0 Å². The lowest BCUT2D eigenvalue weighted by molar-refractivity contribution is -0.0430. The van der Waals surface area contributed by atoms with Crippen molar-refractivity contribution < 1.29 is 19.7 Å². The molecule has 7 heteroatoms. The van der Waals surface area contributed by atoms with Gasteiger partial charge in [-0.2, -0.15) is 0 Å². The molecule has 3 aromatic rings. The first-order chi connectivity index (χ1) is 12.2. The van der Waals surface area contributed by atoms with Crippen LogP contribution < -0.4 is 4.74 Å². The second kappa shape index (κ2) is 6.44. The second-order valence-corrected chi connectivity index (χ2v) is 6.03. The number of hydrogen-bond donors (Lipinski definition) is 2. The van der Waals surface area contributed by atoms with Gasteiger partial charge in [0.15, 0.2) is 0 Å². The zero-order valence-electron chi connectivity index (χ0n) is 13.7. The summed E-state index contributed by atoms with van der Waals surface area (Å²) in [6.07, 6.45) is 2.21. The van der Waals surface area contributed by atoms with Gasteiger partial charge in [-0.05, 0) is 30.3 Å². The van der Waals surface area contributed by atoms with Gasteiger partial charge in [0.2, 0.25) is 0 Å². The molecule has 4 rings (SSSR count). The van der Waals surface area contributed by atoms with Gasteiger partial charge in [0.1, 0.15) is 30.1 Å². The lowest BCUT2D eigenvalue weighted by Crippen LogP contribution is -2.24. The number of benzene rings is 1. The molecule has 1 aromatic carbocycles. The lowest BCUT2D eigenvalue weighted by Gasteiger charge is -2.14. The van der Waals surface area contributed by atoms with Crippen molar-refractivity contribution >= 4 is 11.0 Å². The Morgan fingerprint density at radius 3 is 2.72 bits per heavy atom. The summed E-state index contributed by atoms with van der Waals surface area (Å²) in [6.45, 7) is -0.205. The van der Waals surface area contributed by atoms with Gasteiger partial charge in [0, 0.05) is 23.6 Å². The Labute approximate surface area is 144 Å². The fraction of sp³-hybridized carbons (Fsp3) is 0.333. The van der Waals surface area contributed by atoms with Gasteiger partial charge in [-0.1, -0.05) is 0 Å². The summed E-state index contributed by atoms with van der Waals surface area (Å²) in [6, 6.07) is 9.63. The number of aromatic nitrogens is 3. The van der Waals surface area contributed by atoms with E-state index in [-0.39, 0.29) is 12.8 Å². The third kappa shape index (κ3) is 2.76. The van der Waals surface area contributed by atoms with Crippen molar-refractivity contribution in [3.05, 3.63) is 42.9 Å². The van der Waals surface area contributed by atoms with E-state index in [1.165, 1.54) is 6.33 Å². The highest BCUT2D eigenvalue weighted by molar-refractivity contribution is 5.91. The predicted octanol–water partition coefficient (Wildman–Crippen LogP) is 1.75. The number of aliphatic hydroxyl groups excluding tert-OH is 2. The first-order valence-corrected chi connectivity index (χ1v) is 8.11. The molecule has 1 fully saturated rings. The molecule has 0 unspecified atom stereocenters. The van der Waals surface area contributed by atoms with Gasteiger partial charge in [-0.25, -0.2) is 9.97 Å². The Hall–Kier alpha value is -2.48. The first kappa shape index (κ1) is 16.0. The monoisotopic (exact) mass is 341 g/mol. The number of methoxy groups -OCH3 is 1. The van der Waals surface area contributed by atoms with Crippen molar-refractivity contribution in [2.75, 3.05) is 13.7 Å². The molecule has 0 aliphatic carbocycles. The topological polar surface area (TPSA) is 89.6 Å². The summed E-state index contributed by atoms with van der Waals surface area (Å²) in [5.41, 5.74) is 2.52. The molecule has 3 heterocycles. The van der Waals surface area contributed by atoms with Gasteiger partial charge < -0.3 is 24.3 Å². The number of hydrogen-bond acceptors (Lipinski definition) is 6. The largest absolute Gasteiger partial charge is 0.497 e. The molecule has 7 nitrogen and oxygen atoms in total. The minimum atomic E-state index is -0.685. The van der Waals surface area contributed by atoms with Crippen LogP contribution in [0.25, 0.3) is 22.3 Å². The molecule has 0 saturated carbocycles. The smallest absolute Gasteiger partial charge is 0.146 e. The predicted molar refractivity (Wildman–Crippen MR) is 91.1 cm³/mol. The summed E-state index contributed by atoms with van der Waals surface area (Å²) in [4.78, 5) is 8.81. The number of aliphatic hydroxyl groups is 2. The number of rotatable bonds is 4. The molecule has 0 bridgehead atoms. The van der Waals surface area contributed by atoms with E-state index in [1.807, 2.05) is 41.1 Å². The van der Waals surface area contributed by atoms with E-state index in [0.29, 0.717) is 6.42 Å². The van der Waals surface area contributed by atoms with E-state index in [0.717, 1.165) is 28.0 Å². The van der Waals surface area contributed by atoms with E-state index < -0.39 is 12.2 Å². The molecule has 0 amide bonds. The average Bonchev–Trinajstić information content (AvgIpc) is 3.24. The molecule has 0 radical (unpaired) electrons. The molecule has 1 aliphatic heterocycles. The van der Waals surface area contributed by atoms with Crippen molar-refractivity contribution in [2.45, 2.75) is 24.9 Å². The molecular formula is C18H19N3O4. The fourth-order valence-electron chi connectivity index (χ4n) is 3.23. The SMILES string of the molecule is COc1ccc(-c2ncnc3c2ccn3[C@H]2C[C@H](O)[C@@H](CO)O2)cc1. The number of fused-ring (bicyclic) bond motifs is 1. The zero-order valence-corrected chi connectivity index (χ0v) is 13.7. The Kier molecular flexibility index (Phi) is 4.12. The Bertz CT molecular complexity index is 878. The van der Waals surface area contributed by atoms with E-state index in [1.54, 1.807) is 7.11 Å². The molecule has 0 spiro atoms. The van der Waals surface area contributed by atoms with Crippen LogP contribution in [0, 0.1) is 0 Å². The molecular weight excluding hydrogens is 322 g/mol. The quantitative estimate of drug-likeness (QED) is 0.751. The number of ether oxygens (including phenoxy) is 2. The number of nitrogens with zero attached hydrogens (tertiary/aromatic N) is 3. The van der Waals surface area contributed by atoms with E-state index >= 15 is 0 Å². The van der Waals surface area contributed by atoms with E-state index in [9.17, 15) is 10.2 Å². The highest BCUT2D eigenvalue weighted by Crippen LogP contribution is 2.33. The van der Waals surface area contributed by atoms with Gasteiger partial charge in [-0.15, -0.1) is 0 Å². The highest BCUT2D eigenvalue weighted by Gasteiger charge is 2.35. The van der Waals surface area contributed by atoms with Crippen LogP contribution in [0.3, 0.4) is 0 Å². The maximum atomic E-state index is 9.97. The Morgan fingerprint density at radius 1 is 1.24 bits per heavy atom. The lowest BCUT2D eigenvalue weighted by atomic mass is 10.1. The molecule has 2 N–H and O–H groups in total. The van der Waals surface area contributed by atoms with Gasteiger partial charge in [0.25, 0.3) is 0 Å². The van der Waals surface area contributed by atoms with Crippen LogP contribution in [-0.2, 0) is 4.74 Å².